The Labute approximate surface area is 136 Å². The number of nitrogens with zero attached hydrogens (tertiary/aromatic N) is 2. The molecule has 1 atom stereocenters. The normalized spacial score (nSPS) is 17.7. The van der Waals surface area contributed by atoms with Gasteiger partial charge in [0.25, 0.3) is 0 Å². The number of hydrazone groups is 1. The lowest BCUT2D eigenvalue weighted by Crippen LogP contribution is -2.26. The van der Waals surface area contributed by atoms with Crippen LogP contribution in [0.1, 0.15) is 45.4 Å². The van der Waals surface area contributed by atoms with Crippen LogP contribution in [-0.4, -0.2) is 48.9 Å². The third-order valence-electron chi connectivity index (χ3n) is 3.46. The van der Waals surface area contributed by atoms with E-state index in [2.05, 4.69) is 41.2 Å². The van der Waals surface area contributed by atoms with Gasteiger partial charge in [-0.15, -0.1) is 5.54 Å². The first kappa shape index (κ1) is 18.9. The minimum atomic E-state index is -1.50. The number of carbonyl (C=O) groups is 1. The molecule has 4 nitrogen and oxygen atoms in total. The number of ketones is 1. The quantitative estimate of drug-likeness (QED) is 0.465. The predicted octanol–water partition coefficient (Wildman–Crippen LogP) is 2.83. The van der Waals surface area contributed by atoms with Crippen LogP contribution in [0.4, 0.5) is 0 Å². The molecule has 0 amide bonds. The lowest BCUT2D eigenvalue weighted by Gasteiger charge is -2.24. The van der Waals surface area contributed by atoms with Gasteiger partial charge in [-0.2, -0.15) is 5.10 Å². The van der Waals surface area contributed by atoms with Gasteiger partial charge < -0.3 is 5.11 Å². The molecule has 1 aliphatic rings. The average Bonchev–Trinajstić information content (AvgIpc) is 2.44. The first-order valence-electron chi connectivity index (χ1n) is 8.34. The molecule has 0 unspecified atom stereocenters. The fraction of sp³-hybridized carbons (Fsp3) is 0.765. The molecular weight excluding hydrogens is 292 g/mol. The third-order valence-corrected chi connectivity index (χ3v) is 4.35. The lowest BCUT2D eigenvalue weighted by atomic mass is 10.1. The maximum absolute atomic E-state index is 12.1. The van der Waals surface area contributed by atoms with Crippen LogP contribution in [0.15, 0.2) is 5.10 Å². The van der Waals surface area contributed by atoms with Crippen LogP contribution in [0.5, 0.6) is 0 Å². The second-order valence-electron chi connectivity index (χ2n) is 6.99. The highest BCUT2D eigenvalue weighted by molar-refractivity contribution is 6.83. The van der Waals surface area contributed by atoms with Crippen molar-refractivity contribution < 1.29 is 9.90 Å². The van der Waals surface area contributed by atoms with Crippen LogP contribution in [0, 0.1) is 11.5 Å². The van der Waals surface area contributed by atoms with Gasteiger partial charge in [0.15, 0.2) is 0 Å². The zero-order chi connectivity index (χ0) is 16.6. The molecule has 1 heterocycles. The van der Waals surface area contributed by atoms with Gasteiger partial charge in [0.2, 0.25) is 0 Å². The minimum Gasteiger partial charge on any atom is -0.380 e. The minimum absolute atomic E-state index is 0.0231. The topological polar surface area (TPSA) is 52.9 Å². The van der Waals surface area contributed by atoms with Crippen molar-refractivity contribution in [2.45, 2.75) is 71.2 Å². The number of Topliss-reactive ketones (excluding diaryl/α,β-unsaturated/α-hetero) is 1. The van der Waals surface area contributed by atoms with Crippen molar-refractivity contribution in [2.75, 3.05) is 13.1 Å². The van der Waals surface area contributed by atoms with E-state index in [9.17, 15) is 9.90 Å². The van der Waals surface area contributed by atoms with E-state index in [0.717, 1.165) is 25.2 Å². The average molecular weight is 323 g/mol. The monoisotopic (exact) mass is 322 g/mol. The Hall–Kier alpha value is -1.12. The molecule has 0 aromatic carbocycles. The molecule has 1 rings (SSSR count). The molecule has 0 aliphatic carbocycles. The Kier molecular flexibility index (Phi) is 7.84. The Balaban J connectivity index is 2.50. The zero-order valence-electron chi connectivity index (χ0n) is 14.5. The summed E-state index contributed by atoms with van der Waals surface area (Å²) < 4.78 is 0. The van der Waals surface area contributed by atoms with E-state index in [0.29, 0.717) is 6.42 Å². The molecule has 0 radical (unpaired) electrons. The summed E-state index contributed by atoms with van der Waals surface area (Å²) >= 11 is 0. The number of hydrogen-bond acceptors (Lipinski definition) is 4. The SMILES string of the molecule is CC/C(CC(=O)C[C@@H](O)C#C[Si](C)(C)C)=N\N1CCCCC1. The van der Waals surface area contributed by atoms with Crippen molar-refractivity contribution in [3.8, 4) is 11.5 Å². The Morgan fingerprint density at radius 1 is 1.27 bits per heavy atom. The molecule has 0 aromatic rings. The van der Waals surface area contributed by atoms with Gasteiger partial charge in [-0.1, -0.05) is 32.5 Å². The first-order chi connectivity index (χ1) is 10.3. The van der Waals surface area contributed by atoms with Gasteiger partial charge >= 0.3 is 0 Å². The molecule has 124 valence electrons. The largest absolute Gasteiger partial charge is 0.380 e. The van der Waals surface area contributed by atoms with Crippen LogP contribution in [0.3, 0.4) is 0 Å². The smallest absolute Gasteiger partial charge is 0.142 e. The van der Waals surface area contributed by atoms with Gasteiger partial charge in [-0.25, -0.2) is 0 Å². The maximum atomic E-state index is 12.1. The molecule has 0 aromatic heterocycles. The van der Waals surface area contributed by atoms with E-state index in [1.807, 2.05) is 6.92 Å². The van der Waals surface area contributed by atoms with E-state index < -0.39 is 14.2 Å². The molecule has 0 bridgehead atoms. The number of hydrogen-bond donors (Lipinski definition) is 1. The van der Waals surface area contributed by atoms with Crippen LogP contribution in [0.2, 0.25) is 19.6 Å². The molecule has 5 heteroatoms. The molecule has 0 spiro atoms. The van der Waals surface area contributed by atoms with E-state index >= 15 is 0 Å². The number of piperidine rings is 1. The number of rotatable bonds is 6. The standard InChI is InChI=1S/C17H30N2O2Si/c1-5-15(18-19-10-7-6-8-11-19)13-17(21)14-16(20)9-12-22(2,3)4/h16,20H,5-8,10-11,13-14H2,1-4H3/b18-15+/t16-/m0/s1. The molecule has 1 N–H and O–H groups in total. The summed E-state index contributed by atoms with van der Waals surface area (Å²) in [6.45, 7) is 10.4. The van der Waals surface area contributed by atoms with Crippen LogP contribution >= 0.6 is 0 Å². The second-order valence-corrected chi connectivity index (χ2v) is 11.7. The van der Waals surface area contributed by atoms with Gasteiger partial charge in [0, 0.05) is 31.6 Å². The van der Waals surface area contributed by atoms with Crippen molar-refractivity contribution in [1.29, 1.82) is 0 Å². The van der Waals surface area contributed by atoms with Crippen molar-refractivity contribution in [3.63, 3.8) is 0 Å². The number of carbonyl (C=O) groups excluding carboxylic acids is 1. The second kappa shape index (κ2) is 9.11. The fourth-order valence-electron chi connectivity index (χ4n) is 2.27. The maximum Gasteiger partial charge on any atom is 0.142 e. The molecule has 22 heavy (non-hydrogen) atoms. The zero-order valence-corrected chi connectivity index (χ0v) is 15.5. The highest BCUT2D eigenvalue weighted by Crippen LogP contribution is 2.11. The van der Waals surface area contributed by atoms with E-state index in [4.69, 9.17) is 0 Å². The molecular formula is C17H30N2O2Si. The summed E-state index contributed by atoms with van der Waals surface area (Å²) in [7, 11) is -1.50. The molecule has 0 saturated carbocycles. The highest BCUT2D eigenvalue weighted by atomic mass is 28.3. The Bertz CT molecular complexity index is 452. The first-order valence-corrected chi connectivity index (χ1v) is 11.8. The summed E-state index contributed by atoms with van der Waals surface area (Å²) in [5.74, 6) is 2.85. The summed E-state index contributed by atoms with van der Waals surface area (Å²) in [5, 5.41) is 16.6. The van der Waals surface area contributed by atoms with Crippen LogP contribution in [-0.2, 0) is 4.79 Å². The van der Waals surface area contributed by atoms with Gasteiger partial charge in [-0.3, -0.25) is 9.80 Å². The van der Waals surface area contributed by atoms with Gasteiger partial charge in [0.1, 0.15) is 20.0 Å². The van der Waals surface area contributed by atoms with E-state index in [1.165, 1.54) is 19.3 Å². The van der Waals surface area contributed by atoms with E-state index in [-0.39, 0.29) is 12.2 Å². The van der Waals surface area contributed by atoms with Crippen molar-refractivity contribution in [2.24, 2.45) is 5.10 Å². The number of aliphatic hydroxyl groups is 1. The summed E-state index contributed by atoms with van der Waals surface area (Å²) in [6.07, 6.45) is 4.01. The van der Waals surface area contributed by atoms with Crippen molar-refractivity contribution in [3.05, 3.63) is 0 Å². The summed E-state index contributed by atoms with van der Waals surface area (Å²) in [4.78, 5) is 12.1. The van der Waals surface area contributed by atoms with Crippen LogP contribution < -0.4 is 0 Å². The molecule has 1 aliphatic heterocycles. The Morgan fingerprint density at radius 2 is 1.91 bits per heavy atom. The fourth-order valence-corrected chi connectivity index (χ4v) is 2.87. The van der Waals surface area contributed by atoms with Gasteiger partial charge in [-0.05, 0) is 25.7 Å². The van der Waals surface area contributed by atoms with Crippen molar-refractivity contribution >= 4 is 19.6 Å². The Morgan fingerprint density at radius 3 is 2.45 bits per heavy atom. The lowest BCUT2D eigenvalue weighted by molar-refractivity contribution is -0.119. The van der Waals surface area contributed by atoms with Gasteiger partial charge in [0.05, 0.1) is 0 Å². The molecule has 1 saturated heterocycles. The third kappa shape index (κ3) is 8.35. The number of aliphatic hydroxyl groups excluding tert-OH is 1. The van der Waals surface area contributed by atoms with E-state index in [1.54, 1.807) is 0 Å². The highest BCUT2D eigenvalue weighted by Gasteiger charge is 2.14. The predicted molar refractivity (Wildman–Crippen MR) is 94.5 cm³/mol. The molecule has 1 fully saturated rings. The van der Waals surface area contributed by atoms with Crippen molar-refractivity contribution in [1.82, 2.24) is 5.01 Å². The van der Waals surface area contributed by atoms with Crippen LogP contribution in [0.25, 0.3) is 0 Å². The summed E-state index contributed by atoms with van der Waals surface area (Å²) in [5.41, 5.74) is 4.02. The summed E-state index contributed by atoms with van der Waals surface area (Å²) in [6, 6.07) is 0.